The summed E-state index contributed by atoms with van der Waals surface area (Å²) in [6, 6.07) is 17.2. The molecular weight excluding hydrogens is 402 g/mol. The topological polar surface area (TPSA) is 93.2 Å². The second-order valence-corrected chi connectivity index (χ2v) is 7.93. The molecule has 32 heavy (non-hydrogen) atoms. The van der Waals surface area contributed by atoms with E-state index in [9.17, 15) is 5.11 Å². The fourth-order valence-electron chi connectivity index (χ4n) is 3.85. The standard InChI is InChI=1S/C24H25N7O/c1-30-12-14-31(15-13-30)19-6-4-18(5-7-19)27-24-25-11-10-22(28-24)21-16-26-29-23(21)17-2-8-20(32)9-3-17/h2-11,16,32H,12-15H2,1H3,(H,26,29)(H,25,27,28). The van der Waals surface area contributed by atoms with Crippen LogP contribution in [0.1, 0.15) is 0 Å². The lowest BCUT2D eigenvalue weighted by Gasteiger charge is -2.34. The number of aromatic hydroxyl groups is 1. The van der Waals surface area contributed by atoms with E-state index < -0.39 is 0 Å². The van der Waals surface area contributed by atoms with Crippen LogP contribution in [0.25, 0.3) is 22.5 Å². The first-order chi connectivity index (χ1) is 15.7. The second kappa shape index (κ2) is 8.68. The Bertz CT molecular complexity index is 1180. The Labute approximate surface area is 186 Å². The quantitative estimate of drug-likeness (QED) is 0.447. The van der Waals surface area contributed by atoms with E-state index >= 15 is 0 Å². The van der Waals surface area contributed by atoms with Gasteiger partial charge in [-0.1, -0.05) is 0 Å². The van der Waals surface area contributed by atoms with Crippen molar-refractivity contribution in [2.45, 2.75) is 0 Å². The van der Waals surface area contributed by atoms with Crippen LogP contribution in [0.15, 0.2) is 67.0 Å². The maximum atomic E-state index is 9.56. The van der Waals surface area contributed by atoms with Crippen molar-refractivity contribution < 1.29 is 5.11 Å². The molecule has 5 rings (SSSR count). The number of hydrogen-bond acceptors (Lipinski definition) is 7. The van der Waals surface area contributed by atoms with Gasteiger partial charge in [-0.2, -0.15) is 5.10 Å². The predicted molar refractivity (Wildman–Crippen MR) is 126 cm³/mol. The van der Waals surface area contributed by atoms with E-state index in [1.807, 2.05) is 18.2 Å². The fourth-order valence-corrected chi connectivity index (χ4v) is 3.85. The molecule has 2 aromatic carbocycles. The van der Waals surface area contributed by atoms with Crippen molar-refractivity contribution in [3.8, 4) is 28.3 Å². The highest BCUT2D eigenvalue weighted by Gasteiger charge is 2.15. The number of benzene rings is 2. The molecule has 1 saturated heterocycles. The van der Waals surface area contributed by atoms with Crippen LogP contribution in [0.4, 0.5) is 17.3 Å². The van der Waals surface area contributed by atoms with Gasteiger partial charge in [0.2, 0.25) is 5.95 Å². The van der Waals surface area contributed by atoms with E-state index in [2.05, 4.69) is 66.6 Å². The summed E-state index contributed by atoms with van der Waals surface area (Å²) >= 11 is 0. The Hall–Kier alpha value is -3.91. The zero-order valence-corrected chi connectivity index (χ0v) is 17.9. The molecule has 0 atom stereocenters. The molecule has 0 radical (unpaired) electrons. The largest absolute Gasteiger partial charge is 0.508 e. The average Bonchev–Trinajstić information content (AvgIpc) is 3.31. The molecule has 0 unspecified atom stereocenters. The lowest BCUT2D eigenvalue weighted by Crippen LogP contribution is -2.44. The van der Waals surface area contributed by atoms with E-state index in [0.717, 1.165) is 54.4 Å². The van der Waals surface area contributed by atoms with Gasteiger partial charge in [0.25, 0.3) is 0 Å². The molecule has 0 saturated carbocycles. The van der Waals surface area contributed by atoms with Crippen LogP contribution in [-0.2, 0) is 0 Å². The number of H-pyrrole nitrogens is 1. The highest BCUT2D eigenvalue weighted by atomic mass is 16.3. The maximum Gasteiger partial charge on any atom is 0.227 e. The minimum atomic E-state index is 0.224. The van der Waals surface area contributed by atoms with Gasteiger partial charge in [0, 0.05) is 54.9 Å². The molecule has 0 amide bonds. The third kappa shape index (κ3) is 4.26. The highest BCUT2D eigenvalue weighted by Crippen LogP contribution is 2.30. The van der Waals surface area contributed by atoms with E-state index in [1.54, 1.807) is 24.5 Å². The minimum absolute atomic E-state index is 0.224. The first kappa shape index (κ1) is 20.0. The molecule has 3 N–H and O–H groups in total. The summed E-state index contributed by atoms with van der Waals surface area (Å²) < 4.78 is 0. The van der Waals surface area contributed by atoms with Gasteiger partial charge < -0.3 is 20.2 Å². The Morgan fingerprint density at radius 3 is 2.44 bits per heavy atom. The summed E-state index contributed by atoms with van der Waals surface area (Å²) in [5.74, 6) is 0.745. The summed E-state index contributed by atoms with van der Waals surface area (Å²) in [5.41, 5.74) is 5.55. The Morgan fingerprint density at radius 2 is 1.69 bits per heavy atom. The molecule has 3 heterocycles. The lowest BCUT2D eigenvalue weighted by molar-refractivity contribution is 0.313. The molecule has 0 spiro atoms. The van der Waals surface area contributed by atoms with Gasteiger partial charge >= 0.3 is 0 Å². The van der Waals surface area contributed by atoms with Gasteiger partial charge in [-0.05, 0) is 61.6 Å². The van der Waals surface area contributed by atoms with Crippen molar-refractivity contribution in [2.24, 2.45) is 0 Å². The van der Waals surface area contributed by atoms with Crippen LogP contribution in [0.2, 0.25) is 0 Å². The summed E-state index contributed by atoms with van der Waals surface area (Å²) in [4.78, 5) is 13.8. The maximum absolute atomic E-state index is 9.56. The Balaban J connectivity index is 1.33. The third-order valence-electron chi connectivity index (χ3n) is 5.72. The first-order valence-electron chi connectivity index (χ1n) is 10.6. The molecule has 1 aliphatic rings. The number of rotatable bonds is 5. The van der Waals surface area contributed by atoms with E-state index in [-0.39, 0.29) is 5.75 Å². The molecular formula is C24H25N7O. The van der Waals surface area contributed by atoms with Gasteiger partial charge in [0.05, 0.1) is 17.6 Å². The SMILES string of the molecule is CN1CCN(c2ccc(Nc3nccc(-c4cn[nH]c4-c4ccc(O)cc4)n3)cc2)CC1. The van der Waals surface area contributed by atoms with Crippen molar-refractivity contribution in [1.29, 1.82) is 0 Å². The zero-order valence-electron chi connectivity index (χ0n) is 17.9. The van der Waals surface area contributed by atoms with Crippen molar-refractivity contribution in [3.63, 3.8) is 0 Å². The monoisotopic (exact) mass is 427 g/mol. The van der Waals surface area contributed by atoms with Crippen LogP contribution >= 0.6 is 0 Å². The van der Waals surface area contributed by atoms with Gasteiger partial charge in [-0.3, -0.25) is 5.10 Å². The van der Waals surface area contributed by atoms with E-state index in [4.69, 9.17) is 0 Å². The predicted octanol–water partition coefficient (Wildman–Crippen LogP) is 3.73. The summed E-state index contributed by atoms with van der Waals surface area (Å²) in [6.07, 6.45) is 3.48. The van der Waals surface area contributed by atoms with Crippen molar-refractivity contribution >= 4 is 17.3 Å². The van der Waals surface area contributed by atoms with E-state index in [1.165, 1.54) is 5.69 Å². The smallest absolute Gasteiger partial charge is 0.227 e. The molecule has 162 valence electrons. The van der Waals surface area contributed by atoms with Crippen molar-refractivity contribution in [3.05, 3.63) is 67.0 Å². The van der Waals surface area contributed by atoms with Gasteiger partial charge in [-0.15, -0.1) is 0 Å². The molecule has 1 fully saturated rings. The van der Waals surface area contributed by atoms with Crippen LogP contribution in [0, 0.1) is 0 Å². The Kier molecular flexibility index (Phi) is 5.43. The van der Waals surface area contributed by atoms with Gasteiger partial charge in [0.1, 0.15) is 5.75 Å². The van der Waals surface area contributed by atoms with Gasteiger partial charge in [-0.25, -0.2) is 9.97 Å². The lowest BCUT2D eigenvalue weighted by atomic mass is 10.1. The number of hydrogen-bond donors (Lipinski definition) is 3. The van der Waals surface area contributed by atoms with Crippen molar-refractivity contribution in [2.75, 3.05) is 43.4 Å². The summed E-state index contributed by atoms with van der Waals surface area (Å²) in [5, 5.41) is 20.1. The molecule has 0 bridgehead atoms. The fraction of sp³-hybridized carbons (Fsp3) is 0.208. The number of anilines is 3. The number of phenolic OH excluding ortho intramolecular Hbond substituents is 1. The first-order valence-corrected chi connectivity index (χ1v) is 10.6. The van der Waals surface area contributed by atoms with E-state index in [0.29, 0.717) is 5.95 Å². The number of phenols is 1. The number of aromatic amines is 1. The summed E-state index contributed by atoms with van der Waals surface area (Å²) in [7, 11) is 2.16. The number of nitrogens with zero attached hydrogens (tertiary/aromatic N) is 5. The Morgan fingerprint density at radius 1 is 0.938 bits per heavy atom. The van der Waals surface area contributed by atoms with Crippen molar-refractivity contribution in [1.82, 2.24) is 25.1 Å². The molecule has 4 aromatic rings. The third-order valence-corrected chi connectivity index (χ3v) is 5.72. The molecule has 2 aromatic heterocycles. The average molecular weight is 428 g/mol. The van der Waals surface area contributed by atoms with Crippen LogP contribution < -0.4 is 10.2 Å². The number of nitrogens with one attached hydrogen (secondary N) is 2. The van der Waals surface area contributed by atoms with Crippen LogP contribution in [0.3, 0.4) is 0 Å². The van der Waals surface area contributed by atoms with Crippen LogP contribution in [0.5, 0.6) is 5.75 Å². The van der Waals surface area contributed by atoms with Gasteiger partial charge in [0.15, 0.2) is 0 Å². The number of likely N-dealkylation sites (N-methyl/N-ethyl adjacent to an activating group) is 1. The van der Waals surface area contributed by atoms with Crippen LogP contribution in [-0.4, -0.2) is 63.4 Å². The molecule has 8 heteroatoms. The normalized spacial score (nSPS) is 14.5. The zero-order chi connectivity index (χ0) is 21.9. The molecule has 1 aliphatic heterocycles. The summed E-state index contributed by atoms with van der Waals surface area (Å²) in [6.45, 7) is 4.26. The molecule has 0 aliphatic carbocycles. The molecule has 8 nitrogen and oxygen atoms in total. The minimum Gasteiger partial charge on any atom is -0.508 e. The number of aromatic nitrogens is 4. The number of piperazine rings is 1. The highest BCUT2D eigenvalue weighted by molar-refractivity contribution is 5.79. The second-order valence-electron chi connectivity index (χ2n) is 7.93.